The van der Waals surface area contributed by atoms with Gasteiger partial charge in [0.05, 0.1) is 36.8 Å². The van der Waals surface area contributed by atoms with Gasteiger partial charge in [-0.25, -0.2) is 14.8 Å². The van der Waals surface area contributed by atoms with Crippen molar-refractivity contribution in [1.82, 2.24) is 14.5 Å². The molecule has 0 fully saturated rings. The molecule has 1 atom stereocenters. The summed E-state index contributed by atoms with van der Waals surface area (Å²) in [5, 5.41) is 0. The average molecular weight is 689 g/mol. The molecule has 8 nitrogen and oxygen atoms in total. The number of esters is 1. The largest absolute Gasteiger partial charge is 0.492 e. The van der Waals surface area contributed by atoms with Gasteiger partial charge < -0.3 is 23.5 Å². The van der Waals surface area contributed by atoms with Gasteiger partial charge in [0, 0.05) is 17.7 Å². The van der Waals surface area contributed by atoms with Crippen molar-refractivity contribution in [3.05, 3.63) is 73.0 Å². The van der Waals surface area contributed by atoms with Crippen molar-refractivity contribution >= 4 is 49.0 Å². The first-order valence-electron chi connectivity index (χ1n) is 13.5. The lowest BCUT2D eigenvalue weighted by molar-refractivity contribution is -0.149. The van der Waals surface area contributed by atoms with Crippen LogP contribution in [0.5, 0.6) is 17.2 Å². The van der Waals surface area contributed by atoms with E-state index < -0.39 is 12.1 Å². The smallest absolute Gasteiger partial charge is 0.351 e. The van der Waals surface area contributed by atoms with E-state index in [-0.39, 0.29) is 0 Å². The van der Waals surface area contributed by atoms with E-state index in [1.165, 1.54) is 14.2 Å². The maximum absolute atomic E-state index is 13.1. The number of aryl methyl sites for hydroxylation is 4. The van der Waals surface area contributed by atoms with E-state index >= 15 is 0 Å². The van der Waals surface area contributed by atoms with Gasteiger partial charge in [-0.3, -0.25) is 0 Å². The Morgan fingerprint density at radius 3 is 2.37 bits per heavy atom. The molecule has 10 heteroatoms. The Morgan fingerprint density at radius 2 is 1.73 bits per heavy atom. The van der Waals surface area contributed by atoms with E-state index in [0.29, 0.717) is 38.3 Å². The Morgan fingerprint density at radius 1 is 1.00 bits per heavy atom. The van der Waals surface area contributed by atoms with E-state index in [9.17, 15) is 4.79 Å². The minimum absolute atomic E-state index is 0.442. The Balaban J connectivity index is 1.75. The summed E-state index contributed by atoms with van der Waals surface area (Å²) < 4.78 is 26.0. The van der Waals surface area contributed by atoms with Crippen molar-refractivity contribution in [3.63, 3.8) is 0 Å². The minimum Gasteiger partial charge on any atom is -0.492 e. The molecule has 4 aromatic rings. The number of methoxy groups -OCH3 is 3. The minimum atomic E-state index is -1.05. The summed E-state index contributed by atoms with van der Waals surface area (Å²) >= 11 is 7.11. The van der Waals surface area contributed by atoms with Gasteiger partial charge in [0.25, 0.3) is 0 Å². The molecular weight excluding hydrogens is 654 g/mol. The molecule has 2 aromatic heterocycles. The first-order valence-corrected chi connectivity index (χ1v) is 15.0. The second-order valence-corrected chi connectivity index (χ2v) is 11.4. The summed E-state index contributed by atoms with van der Waals surface area (Å²) in [6.07, 6.45) is 1.43. The van der Waals surface area contributed by atoms with Crippen molar-refractivity contribution in [2.45, 2.75) is 59.6 Å². The molecule has 0 radical (unpaired) electrons. The maximum atomic E-state index is 13.1. The lowest BCUT2D eigenvalue weighted by Gasteiger charge is -2.23. The lowest BCUT2D eigenvalue weighted by atomic mass is 10.0. The zero-order valence-electron chi connectivity index (χ0n) is 24.4. The molecule has 0 spiro atoms. The maximum Gasteiger partial charge on any atom is 0.351 e. The van der Waals surface area contributed by atoms with Crippen molar-refractivity contribution in [1.29, 1.82) is 0 Å². The zero-order chi connectivity index (χ0) is 29.8. The molecule has 4 rings (SSSR count). The number of hydrogen-bond donors (Lipinski definition) is 0. The van der Waals surface area contributed by atoms with Crippen molar-refractivity contribution in [3.8, 4) is 17.2 Å². The molecule has 0 amide bonds. The van der Waals surface area contributed by atoms with Gasteiger partial charge in [0.1, 0.15) is 17.1 Å². The van der Waals surface area contributed by atoms with Gasteiger partial charge in [-0.1, -0.05) is 32.4 Å². The molecular formula is C31H35Br2N3O5. The van der Waals surface area contributed by atoms with Crippen LogP contribution in [0.3, 0.4) is 0 Å². The molecule has 0 N–H and O–H groups in total. The molecule has 218 valence electrons. The summed E-state index contributed by atoms with van der Waals surface area (Å²) in [4.78, 5) is 22.8. The molecule has 2 aromatic carbocycles. The molecule has 0 saturated heterocycles. The van der Waals surface area contributed by atoms with Crippen LogP contribution in [-0.4, -0.2) is 41.8 Å². The summed E-state index contributed by atoms with van der Waals surface area (Å²) in [6, 6.07) is 9.93. The molecule has 41 heavy (non-hydrogen) atoms. The number of carbonyl (C=O) groups excluding carboxylic acids is 1. The number of benzene rings is 2. The van der Waals surface area contributed by atoms with Crippen LogP contribution in [0.25, 0.3) is 11.2 Å². The first kappa shape index (κ1) is 30.8. The molecule has 2 heterocycles. The summed E-state index contributed by atoms with van der Waals surface area (Å²) in [6.45, 7) is 8.93. The van der Waals surface area contributed by atoms with Crippen LogP contribution in [0, 0.1) is 13.8 Å². The van der Waals surface area contributed by atoms with E-state index in [1.807, 2.05) is 19.1 Å². The molecule has 0 bridgehead atoms. The van der Waals surface area contributed by atoms with Gasteiger partial charge >= 0.3 is 5.97 Å². The van der Waals surface area contributed by atoms with Gasteiger partial charge in [-0.05, 0) is 87.0 Å². The van der Waals surface area contributed by atoms with Gasteiger partial charge in [0.15, 0.2) is 17.1 Å². The molecule has 1 unspecified atom stereocenters. The SMILES string of the molecule is CCCc1cc(Cn2c(CC)nc3c(C)cc(C)nc32)ccc1OC(C(=O)OC)c1cc(Br)c(OC)c(OC)c1Br. The number of halogens is 2. The molecule has 0 saturated carbocycles. The highest BCUT2D eigenvalue weighted by Crippen LogP contribution is 2.46. The third-order valence-corrected chi connectivity index (χ3v) is 8.32. The molecule has 0 aliphatic heterocycles. The fraction of sp³-hybridized carbons (Fsp3) is 0.387. The van der Waals surface area contributed by atoms with Crippen LogP contribution in [0.2, 0.25) is 0 Å². The van der Waals surface area contributed by atoms with Crippen molar-refractivity contribution < 1.29 is 23.7 Å². The third kappa shape index (κ3) is 6.23. The Bertz CT molecular complexity index is 1580. The van der Waals surface area contributed by atoms with E-state index in [2.05, 4.69) is 69.3 Å². The Labute approximate surface area is 257 Å². The van der Waals surface area contributed by atoms with E-state index in [4.69, 9.17) is 28.9 Å². The summed E-state index contributed by atoms with van der Waals surface area (Å²) in [5.41, 5.74) is 6.56. The van der Waals surface area contributed by atoms with Crippen LogP contribution in [0.4, 0.5) is 0 Å². The Kier molecular flexibility index (Phi) is 9.96. The van der Waals surface area contributed by atoms with Crippen LogP contribution >= 0.6 is 31.9 Å². The van der Waals surface area contributed by atoms with Gasteiger partial charge in [-0.15, -0.1) is 0 Å². The first-order chi connectivity index (χ1) is 19.7. The van der Waals surface area contributed by atoms with E-state index in [1.54, 1.807) is 13.2 Å². The highest BCUT2D eigenvalue weighted by Gasteiger charge is 2.31. The van der Waals surface area contributed by atoms with Gasteiger partial charge in [0.2, 0.25) is 6.10 Å². The van der Waals surface area contributed by atoms with Crippen molar-refractivity contribution in [2.75, 3.05) is 21.3 Å². The predicted molar refractivity (Wildman–Crippen MR) is 166 cm³/mol. The van der Waals surface area contributed by atoms with Crippen LogP contribution < -0.4 is 14.2 Å². The monoisotopic (exact) mass is 687 g/mol. The zero-order valence-corrected chi connectivity index (χ0v) is 27.6. The predicted octanol–water partition coefficient (Wildman–Crippen LogP) is 7.45. The van der Waals surface area contributed by atoms with Crippen LogP contribution in [0.15, 0.2) is 39.3 Å². The van der Waals surface area contributed by atoms with Crippen LogP contribution in [-0.2, 0) is 28.9 Å². The third-order valence-electron chi connectivity index (χ3n) is 6.91. The molecule has 0 aliphatic carbocycles. The number of fused-ring (bicyclic) bond motifs is 1. The number of hydrogen-bond acceptors (Lipinski definition) is 7. The number of aromatic nitrogens is 3. The number of carbonyl (C=O) groups is 1. The van der Waals surface area contributed by atoms with E-state index in [0.717, 1.165) is 58.6 Å². The highest BCUT2D eigenvalue weighted by atomic mass is 79.9. The molecule has 0 aliphatic rings. The number of nitrogens with zero attached hydrogens (tertiary/aromatic N) is 3. The quantitative estimate of drug-likeness (QED) is 0.151. The number of pyridine rings is 1. The second kappa shape index (κ2) is 13.2. The summed E-state index contributed by atoms with van der Waals surface area (Å²) in [5.74, 6) is 2.01. The second-order valence-electron chi connectivity index (χ2n) is 9.76. The van der Waals surface area contributed by atoms with Crippen molar-refractivity contribution in [2.24, 2.45) is 0 Å². The average Bonchev–Trinajstić information content (AvgIpc) is 3.30. The summed E-state index contributed by atoms with van der Waals surface area (Å²) in [7, 11) is 4.43. The number of ether oxygens (including phenoxy) is 4. The number of imidazole rings is 1. The fourth-order valence-corrected chi connectivity index (χ4v) is 6.27. The van der Waals surface area contributed by atoms with Crippen LogP contribution in [0.1, 0.15) is 60.1 Å². The Hall–Kier alpha value is -3.11. The lowest BCUT2D eigenvalue weighted by Crippen LogP contribution is -2.21. The fourth-order valence-electron chi connectivity index (χ4n) is 5.02. The van der Waals surface area contributed by atoms with Gasteiger partial charge in [-0.2, -0.15) is 0 Å². The highest BCUT2D eigenvalue weighted by molar-refractivity contribution is 9.11. The number of rotatable bonds is 11. The standard InChI is InChI=1S/C31H35Br2N3O5/c1-8-10-20-14-19(16-36-24(9-2)35-26-17(3)13-18(4)34-30(26)36)11-12-23(20)41-27(31(37)40-7)21-15-22(32)28(38-5)29(39-6)25(21)33/h11-15,27H,8-10,16H2,1-7H3. The normalized spacial score (nSPS) is 11.9. The topological polar surface area (TPSA) is 84.7 Å².